The fourth-order valence-corrected chi connectivity index (χ4v) is 4.60. The summed E-state index contributed by atoms with van der Waals surface area (Å²) in [5.74, 6) is -0.717. The summed E-state index contributed by atoms with van der Waals surface area (Å²) in [4.78, 5) is 15.9. The summed E-state index contributed by atoms with van der Waals surface area (Å²) in [7, 11) is 0. The van der Waals surface area contributed by atoms with Crippen molar-refractivity contribution in [2.45, 2.75) is 26.3 Å². The van der Waals surface area contributed by atoms with Gasteiger partial charge in [-0.1, -0.05) is 48.5 Å². The van der Waals surface area contributed by atoms with Crippen LogP contribution in [0, 0.1) is 11.6 Å². The number of imidazole rings is 1. The predicted molar refractivity (Wildman–Crippen MR) is 151 cm³/mol. The Labute approximate surface area is 231 Å². The van der Waals surface area contributed by atoms with Crippen LogP contribution in [0.2, 0.25) is 0 Å². The second-order valence-corrected chi connectivity index (χ2v) is 9.45. The molecular weight excluding hydrogens is 510 g/mol. The molecule has 0 spiro atoms. The molecule has 202 valence electrons. The third-order valence-corrected chi connectivity index (χ3v) is 6.71. The lowest BCUT2D eigenvalue weighted by Crippen LogP contribution is -2.06. The van der Waals surface area contributed by atoms with Gasteiger partial charge in [0.15, 0.2) is 0 Å². The number of hydrogen-bond acceptors (Lipinski definition) is 3. The largest absolute Gasteiger partial charge is 0.494 e. The van der Waals surface area contributed by atoms with Gasteiger partial charge >= 0.3 is 5.97 Å². The zero-order valence-corrected chi connectivity index (χ0v) is 22.0. The molecule has 0 aliphatic carbocycles. The number of rotatable bonds is 10. The van der Waals surface area contributed by atoms with E-state index >= 15 is 0 Å². The monoisotopic (exact) mass is 538 g/mol. The van der Waals surface area contributed by atoms with Crippen LogP contribution in [0.15, 0.2) is 97.2 Å². The maximum atomic E-state index is 14.6. The normalized spacial score (nSPS) is 11.0. The van der Waals surface area contributed by atoms with E-state index in [9.17, 15) is 18.7 Å². The highest BCUT2D eigenvalue weighted by atomic mass is 19.1. The Balaban J connectivity index is 1.36. The van der Waals surface area contributed by atoms with Crippen LogP contribution in [-0.2, 0) is 19.4 Å². The van der Waals surface area contributed by atoms with E-state index in [0.717, 1.165) is 39.9 Å². The van der Waals surface area contributed by atoms with Gasteiger partial charge in [0.2, 0.25) is 0 Å². The molecule has 0 saturated heterocycles. The van der Waals surface area contributed by atoms with Crippen molar-refractivity contribution in [3.05, 3.63) is 131 Å². The molecule has 4 aromatic carbocycles. The number of aromatic nitrogens is 2. The fourth-order valence-electron chi connectivity index (χ4n) is 4.60. The molecule has 0 saturated carbocycles. The Hall–Kier alpha value is -4.78. The smallest absolute Gasteiger partial charge is 0.335 e. The van der Waals surface area contributed by atoms with Crippen LogP contribution in [0.4, 0.5) is 8.78 Å². The van der Waals surface area contributed by atoms with Gasteiger partial charge < -0.3 is 14.4 Å². The molecule has 5 rings (SSSR count). The van der Waals surface area contributed by atoms with E-state index < -0.39 is 17.6 Å². The first-order chi connectivity index (χ1) is 19.4. The molecule has 7 heteroatoms. The second-order valence-electron chi connectivity index (χ2n) is 9.45. The lowest BCUT2D eigenvalue weighted by Gasteiger charge is -2.09. The van der Waals surface area contributed by atoms with Gasteiger partial charge in [0.25, 0.3) is 0 Å². The number of ether oxygens (including phenoxy) is 1. The van der Waals surface area contributed by atoms with Gasteiger partial charge in [-0.3, -0.25) is 0 Å². The van der Waals surface area contributed by atoms with Gasteiger partial charge in [-0.25, -0.2) is 18.6 Å². The molecule has 0 atom stereocenters. The second kappa shape index (κ2) is 11.9. The van der Waals surface area contributed by atoms with Crippen LogP contribution in [0.1, 0.15) is 34.2 Å². The van der Waals surface area contributed by atoms with E-state index in [2.05, 4.69) is 24.3 Å². The first-order valence-corrected chi connectivity index (χ1v) is 13.1. The highest BCUT2D eigenvalue weighted by Gasteiger charge is 2.15. The van der Waals surface area contributed by atoms with Crippen LogP contribution in [0.25, 0.3) is 22.4 Å². The topological polar surface area (TPSA) is 64.4 Å². The maximum absolute atomic E-state index is 14.6. The van der Waals surface area contributed by atoms with E-state index in [4.69, 9.17) is 9.72 Å². The number of carbonyl (C=O) groups is 1. The third kappa shape index (κ3) is 6.26. The fraction of sp³-hybridized carbons (Fsp3) is 0.152. The van der Waals surface area contributed by atoms with E-state index in [0.29, 0.717) is 31.7 Å². The Morgan fingerprint density at radius 2 is 1.50 bits per heavy atom. The summed E-state index contributed by atoms with van der Waals surface area (Å²) < 4.78 is 35.5. The molecule has 5 aromatic rings. The summed E-state index contributed by atoms with van der Waals surface area (Å²) in [5, 5.41) is 9.19. The quantitative estimate of drug-likeness (QED) is 0.201. The molecule has 0 unspecified atom stereocenters. The minimum atomic E-state index is -0.988. The number of hydrogen-bond donors (Lipinski definition) is 1. The van der Waals surface area contributed by atoms with Crippen molar-refractivity contribution in [1.29, 1.82) is 0 Å². The van der Waals surface area contributed by atoms with Crippen LogP contribution in [-0.4, -0.2) is 27.2 Å². The highest BCUT2D eigenvalue weighted by molar-refractivity contribution is 5.87. The van der Waals surface area contributed by atoms with Crippen LogP contribution in [0.5, 0.6) is 5.75 Å². The van der Waals surface area contributed by atoms with Gasteiger partial charge in [0.1, 0.15) is 23.2 Å². The average Bonchev–Trinajstić information content (AvgIpc) is 3.35. The number of halogens is 2. The van der Waals surface area contributed by atoms with Gasteiger partial charge in [0, 0.05) is 30.8 Å². The summed E-state index contributed by atoms with van der Waals surface area (Å²) >= 11 is 0. The molecule has 0 amide bonds. The first kappa shape index (κ1) is 26.8. The van der Waals surface area contributed by atoms with E-state index in [-0.39, 0.29) is 11.1 Å². The van der Waals surface area contributed by atoms with Crippen molar-refractivity contribution >= 4 is 5.97 Å². The van der Waals surface area contributed by atoms with Crippen molar-refractivity contribution < 1.29 is 23.4 Å². The lowest BCUT2D eigenvalue weighted by molar-refractivity contribution is 0.0697. The lowest BCUT2D eigenvalue weighted by atomic mass is 10.0. The van der Waals surface area contributed by atoms with Crippen molar-refractivity contribution in [2.75, 3.05) is 6.61 Å². The summed E-state index contributed by atoms with van der Waals surface area (Å²) in [6.45, 7) is 3.02. The minimum Gasteiger partial charge on any atom is -0.494 e. The number of benzene rings is 4. The van der Waals surface area contributed by atoms with E-state index in [1.807, 2.05) is 35.8 Å². The molecule has 1 aromatic heterocycles. The Kier molecular flexibility index (Phi) is 8.01. The molecule has 1 heterocycles. The molecule has 40 heavy (non-hydrogen) atoms. The molecular formula is C33H28F2N2O3. The van der Waals surface area contributed by atoms with Crippen molar-refractivity contribution in [1.82, 2.24) is 9.55 Å². The van der Waals surface area contributed by atoms with Crippen LogP contribution < -0.4 is 4.74 Å². The van der Waals surface area contributed by atoms with Gasteiger partial charge in [-0.2, -0.15) is 0 Å². The van der Waals surface area contributed by atoms with Crippen molar-refractivity contribution in [3.63, 3.8) is 0 Å². The van der Waals surface area contributed by atoms with Gasteiger partial charge in [-0.05, 0) is 72.0 Å². The zero-order valence-electron chi connectivity index (χ0n) is 22.0. The van der Waals surface area contributed by atoms with E-state index in [1.165, 1.54) is 12.1 Å². The first-order valence-electron chi connectivity index (χ1n) is 13.1. The Morgan fingerprint density at radius 1 is 0.850 bits per heavy atom. The minimum absolute atomic E-state index is 0.206. The highest BCUT2D eigenvalue weighted by Crippen LogP contribution is 2.26. The number of aromatic carboxylic acids is 1. The van der Waals surface area contributed by atoms with Crippen LogP contribution in [0.3, 0.4) is 0 Å². The predicted octanol–water partition coefficient (Wildman–Crippen LogP) is 7.43. The Bertz CT molecular complexity index is 1610. The number of aryl methyl sites for hydroxylation is 2. The SMILES string of the molecule is CCOc1ccc(-c2ccc(CCc3nc(-c4ccc(F)cc4F)cn3Cc3ccc(C(=O)O)cc3)cc2)cc1. The third-order valence-electron chi connectivity index (χ3n) is 6.71. The maximum Gasteiger partial charge on any atom is 0.335 e. The van der Waals surface area contributed by atoms with Crippen molar-refractivity contribution in [2.24, 2.45) is 0 Å². The average molecular weight is 539 g/mol. The summed E-state index contributed by atoms with van der Waals surface area (Å²) in [6.07, 6.45) is 3.06. The number of carboxylic acid groups (broad SMARTS) is 1. The molecule has 0 aliphatic heterocycles. The standard InChI is InChI=1S/C33H28F2N2O3/c1-2-40-28-15-12-25(13-16-28)24-8-3-22(4-9-24)7-18-32-36-31(29-17-14-27(34)19-30(29)35)21-37(32)20-23-5-10-26(11-6-23)33(38)39/h3-6,8-17,19,21H,2,7,18,20H2,1H3,(H,38,39). The van der Waals surface area contributed by atoms with Crippen molar-refractivity contribution in [3.8, 4) is 28.1 Å². The molecule has 0 fully saturated rings. The molecule has 0 bridgehead atoms. The summed E-state index contributed by atoms with van der Waals surface area (Å²) in [5.41, 5.74) is 5.07. The van der Waals surface area contributed by atoms with E-state index in [1.54, 1.807) is 30.5 Å². The zero-order chi connectivity index (χ0) is 28.1. The van der Waals surface area contributed by atoms with Gasteiger partial charge in [-0.15, -0.1) is 0 Å². The molecule has 0 aliphatic rings. The molecule has 1 N–H and O–H groups in total. The number of carboxylic acids is 1. The van der Waals surface area contributed by atoms with Crippen LogP contribution >= 0.6 is 0 Å². The molecule has 0 radical (unpaired) electrons. The molecule has 5 nitrogen and oxygen atoms in total. The summed E-state index contributed by atoms with van der Waals surface area (Å²) in [6, 6.07) is 26.4. The van der Waals surface area contributed by atoms with Gasteiger partial charge in [0.05, 0.1) is 17.9 Å². The number of nitrogens with zero attached hydrogens (tertiary/aromatic N) is 2. The Morgan fingerprint density at radius 3 is 2.12 bits per heavy atom.